The molecule has 0 bridgehead atoms. The Bertz CT molecular complexity index is 970. The number of carbonyl (C=O) groups is 1. The molecule has 3 aromatic rings. The van der Waals surface area contributed by atoms with Crippen LogP contribution in [0.1, 0.15) is 28.7 Å². The first-order valence-corrected chi connectivity index (χ1v) is 9.17. The largest absolute Gasteiger partial charge is 0.493 e. The number of nitrogens with zero attached hydrogens (tertiary/aromatic N) is 3. The van der Waals surface area contributed by atoms with Crippen LogP contribution in [0.4, 0.5) is 0 Å². The summed E-state index contributed by atoms with van der Waals surface area (Å²) in [6, 6.07) is 12.7. The number of ether oxygens (including phenoxy) is 2. The summed E-state index contributed by atoms with van der Waals surface area (Å²) in [5.74, 6) is 0.992. The monoisotopic (exact) mass is 400 g/mol. The highest BCUT2D eigenvalue weighted by Gasteiger charge is 2.17. The maximum atomic E-state index is 12.6. The van der Waals surface area contributed by atoms with Gasteiger partial charge in [-0.25, -0.2) is 4.68 Å². The molecule has 1 heterocycles. The molecule has 1 aromatic heterocycles. The van der Waals surface area contributed by atoms with Gasteiger partial charge in [-0.05, 0) is 55.8 Å². The van der Waals surface area contributed by atoms with Crippen LogP contribution >= 0.6 is 11.6 Å². The van der Waals surface area contributed by atoms with Crippen molar-refractivity contribution in [3.05, 3.63) is 64.4 Å². The molecule has 0 aliphatic carbocycles. The number of hydrogen-bond acceptors (Lipinski definition) is 5. The smallest absolute Gasteiger partial charge is 0.274 e. The van der Waals surface area contributed by atoms with Crippen LogP contribution in [0.2, 0.25) is 5.02 Å². The van der Waals surface area contributed by atoms with Crippen LogP contribution in [-0.4, -0.2) is 34.6 Å². The highest BCUT2D eigenvalue weighted by atomic mass is 35.5. The molecule has 0 unspecified atom stereocenters. The lowest BCUT2D eigenvalue weighted by atomic mass is 10.2. The van der Waals surface area contributed by atoms with Gasteiger partial charge in [-0.15, -0.1) is 5.10 Å². The molecule has 28 heavy (non-hydrogen) atoms. The van der Waals surface area contributed by atoms with Gasteiger partial charge in [0.25, 0.3) is 5.91 Å². The summed E-state index contributed by atoms with van der Waals surface area (Å²) in [5, 5.41) is 11.6. The molecular weight excluding hydrogens is 380 g/mol. The molecular formula is C20H21ClN4O3. The Morgan fingerprint density at radius 3 is 2.61 bits per heavy atom. The topological polar surface area (TPSA) is 78.3 Å². The van der Waals surface area contributed by atoms with Gasteiger partial charge in [0.2, 0.25) is 0 Å². The van der Waals surface area contributed by atoms with E-state index in [0.717, 1.165) is 11.3 Å². The second-order valence-electron chi connectivity index (χ2n) is 6.01. The quantitative estimate of drug-likeness (QED) is 0.656. The predicted molar refractivity (Wildman–Crippen MR) is 106 cm³/mol. The molecule has 146 valence electrons. The zero-order valence-corrected chi connectivity index (χ0v) is 16.7. The highest BCUT2D eigenvalue weighted by molar-refractivity contribution is 6.30. The number of carbonyl (C=O) groups excluding carboxylic acids is 1. The van der Waals surface area contributed by atoms with Gasteiger partial charge in [0.1, 0.15) is 0 Å². The van der Waals surface area contributed by atoms with E-state index < -0.39 is 0 Å². The molecule has 0 saturated heterocycles. The summed E-state index contributed by atoms with van der Waals surface area (Å²) in [6.07, 6.45) is 0. The Morgan fingerprint density at radius 1 is 1.18 bits per heavy atom. The number of hydrogen-bond donors (Lipinski definition) is 1. The summed E-state index contributed by atoms with van der Waals surface area (Å²) in [7, 11) is 1.59. The maximum absolute atomic E-state index is 12.6. The number of nitrogens with one attached hydrogen (secondary N) is 1. The van der Waals surface area contributed by atoms with Crippen LogP contribution in [0.25, 0.3) is 5.69 Å². The van der Waals surface area contributed by atoms with Gasteiger partial charge in [0.05, 0.1) is 25.1 Å². The molecule has 0 aliphatic rings. The minimum Gasteiger partial charge on any atom is -0.493 e. The Hall–Kier alpha value is -3.06. The summed E-state index contributed by atoms with van der Waals surface area (Å²) in [4.78, 5) is 12.6. The fourth-order valence-electron chi connectivity index (χ4n) is 2.73. The van der Waals surface area contributed by atoms with Crippen molar-refractivity contribution in [1.82, 2.24) is 20.3 Å². The van der Waals surface area contributed by atoms with Crippen LogP contribution in [0, 0.1) is 6.92 Å². The van der Waals surface area contributed by atoms with Crippen molar-refractivity contribution in [3.63, 3.8) is 0 Å². The standard InChI is InChI=1S/C20H21ClN4O3/c1-4-28-18-11-14(5-10-17(18)27-3)12-22-20(26)19-13(2)25(24-23-19)16-8-6-15(21)7-9-16/h5-11H,4,12H2,1-3H3,(H,22,26). The number of aromatic nitrogens is 3. The van der Waals surface area contributed by atoms with Crippen molar-refractivity contribution in [2.45, 2.75) is 20.4 Å². The Morgan fingerprint density at radius 2 is 1.93 bits per heavy atom. The second-order valence-corrected chi connectivity index (χ2v) is 6.45. The molecule has 3 rings (SSSR count). The zero-order chi connectivity index (χ0) is 20.1. The number of halogens is 1. The van der Waals surface area contributed by atoms with Gasteiger partial charge < -0.3 is 14.8 Å². The molecule has 0 radical (unpaired) electrons. The molecule has 0 saturated carbocycles. The van der Waals surface area contributed by atoms with Crippen molar-refractivity contribution < 1.29 is 14.3 Å². The van der Waals surface area contributed by atoms with Crippen LogP contribution in [0.5, 0.6) is 11.5 Å². The first-order valence-electron chi connectivity index (χ1n) is 8.79. The molecule has 0 spiro atoms. The first-order chi connectivity index (χ1) is 13.5. The molecule has 0 aliphatic heterocycles. The van der Waals surface area contributed by atoms with Crippen LogP contribution < -0.4 is 14.8 Å². The third-order valence-electron chi connectivity index (χ3n) is 4.16. The number of methoxy groups -OCH3 is 1. The van der Waals surface area contributed by atoms with E-state index in [1.54, 1.807) is 30.8 Å². The number of benzene rings is 2. The van der Waals surface area contributed by atoms with Gasteiger partial charge in [-0.3, -0.25) is 4.79 Å². The van der Waals surface area contributed by atoms with E-state index >= 15 is 0 Å². The summed E-state index contributed by atoms with van der Waals surface area (Å²) in [5.41, 5.74) is 2.59. The van der Waals surface area contributed by atoms with Crippen LogP contribution in [0.3, 0.4) is 0 Å². The van der Waals surface area contributed by atoms with E-state index in [2.05, 4.69) is 15.6 Å². The minimum atomic E-state index is -0.300. The lowest BCUT2D eigenvalue weighted by molar-refractivity contribution is 0.0945. The Balaban J connectivity index is 1.72. The van der Waals surface area contributed by atoms with Crippen molar-refractivity contribution >= 4 is 17.5 Å². The minimum absolute atomic E-state index is 0.272. The molecule has 1 N–H and O–H groups in total. The third kappa shape index (κ3) is 4.26. The van der Waals surface area contributed by atoms with Crippen molar-refractivity contribution in [3.8, 4) is 17.2 Å². The lowest BCUT2D eigenvalue weighted by Crippen LogP contribution is -2.24. The molecule has 7 nitrogen and oxygen atoms in total. The van der Waals surface area contributed by atoms with Gasteiger partial charge in [0, 0.05) is 11.6 Å². The van der Waals surface area contributed by atoms with Gasteiger partial charge in [-0.2, -0.15) is 0 Å². The third-order valence-corrected chi connectivity index (χ3v) is 4.41. The summed E-state index contributed by atoms with van der Waals surface area (Å²) in [6.45, 7) is 4.56. The van der Waals surface area contributed by atoms with E-state index in [1.807, 2.05) is 37.3 Å². The lowest BCUT2D eigenvalue weighted by Gasteiger charge is -2.11. The average molecular weight is 401 g/mol. The second kappa shape index (κ2) is 8.75. The highest BCUT2D eigenvalue weighted by Crippen LogP contribution is 2.28. The van der Waals surface area contributed by atoms with Gasteiger partial charge >= 0.3 is 0 Å². The fourth-order valence-corrected chi connectivity index (χ4v) is 2.86. The van der Waals surface area contributed by atoms with E-state index in [0.29, 0.717) is 35.4 Å². The van der Waals surface area contributed by atoms with Crippen molar-refractivity contribution in [1.29, 1.82) is 0 Å². The average Bonchev–Trinajstić information content (AvgIpc) is 3.08. The molecule has 0 atom stereocenters. The molecule has 8 heteroatoms. The van der Waals surface area contributed by atoms with Crippen LogP contribution in [0.15, 0.2) is 42.5 Å². The molecule has 2 aromatic carbocycles. The molecule has 1 amide bonds. The number of rotatable bonds is 7. The van der Waals surface area contributed by atoms with E-state index in [1.165, 1.54) is 0 Å². The first kappa shape index (κ1) is 19.7. The zero-order valence-electron chi connectivity index (χ0n) is 15.9. The van der Waals surface area contributed by atoms with Crippen molar-refractivity contribution in [2.24, 2.45) is 0 Å². The van der Waals surface area contributed by atoms with Crippen LogP contribution in [-0.2, 0) is 6.54 Å². The van der Waals surface area contributed by atoms with E-state index in [-0.39, 0.29) is 11.6 Å². The summed E-state index contributed by atoms with van der Waals surface area (Å²) < 4.78 is 12.4. The van der Waals surface area contributed by atoms with E-state index in [4.69, 9.17) is 21.1 Å². The van der Waals surface area contributed by atoms with E-state index in [9.17, 15) is 4.79 Å². The Labute approximate surface area is 168 Å². The number of amides is 1. The normalized spacial score (nSPS) is 10.6. The van der Waals surface area contributed by atoms with Crippen molar-refractivity contribution in [2.75, 3.05) is 13.7 Å². The SMILES string of the molecule is CCOc1cc(CNC(=O)c2nnn(-c3ccc(Cl)cc3)c2C)ccc1OC. The Kier molecular flexibility index (Phi) is 6.16. The predicted octanol–water partition coefficient (Wildman–Crippen LogP) is 3.57. The van der Waals surface area contributed by atoms with Gasteiger partial charge in [-0.1, -0.05) is 22.9 Å². The maximum Gasteiger partial charge on any atom is 0.274 e. The summed E-state index contributed by atoms with van der Waals surface area (Å²) >= 11 is 5.92. The molecule has 0 fully saturated rings. The fraction of sp³-hybridized carbons (Fsp3) is 0.250. The van der Waals surface area contributed by atoms with Gasteiger partial charge in [0.15, 0.2) is 17.2 Å².